The van der Waals surface area contributed by atoms with E-state index in [0.29, 0.717) is 24.4 Å². The Hall–Kier alpha value is -2.61. The van der Waals surface area contributed by atoms with Gasteiger partial charge in [0.15, 0.2) is 0 Å². The number of hydrogen-bond acceptors (Lipinski definition) is 4. The van der Waals surface area contributed by atoms with Gasteiger partial charge in [0.2, 0.25) is 15.9 Å². The fourth-order valence-electron chi connectivity index (χ4n) is 3.56. The van der Waals surface area contributed by atoms with Gasteiger partial charge in [0.25, 0.3) is 0 Å². The number of carbonyl (C=O) groups is 1. The standard InChI is InChI=1S/C25H26N2O3S2/c1-19-18-31-24-13-12-22(16-23(24)26-25(19)28)32(29,30)27(17-21-10-6-3-7-11-21)15-14-20-8-4-2-5-9-20/h2-13,16,19H,14-15,17-18H2,1H3,(H,26,28)/t19-/m1/s1. The molecule has 3 aromatic rings. The van der Waals surface area contributed by atoms with E-state index in [9.17, 15) is 13.2 Å². The van der Waals surface area contributed by atoms with Crippen molar-refractivity contribution >= 4 is 33.4 Å². The molecule has 1 amide bonds. The number of sulfonamides is 1. The van der Waals surface area contributed by atoms with Gasteiger partial charge < -0.3 is 5.32 Å². The number of carbonyl (C=O) groups excluding carboxylic acids is 1. The maximum absolute atomic E-state index is 13.7. The highest BCUT2D eigenvalue weighted by atomic mass is 32.2. The third kappa shape index (κ3) is 5.23. The van der Waals surface area contributed by atoms with E-state index in [1.54, 1.807) is 30.0 Å². The van der Waals surface area contributed by atoms with Gasteiger partial charge in [0.05, 0.1) is 10.6 Å². The number of thioether (sulfide) groups is 1. The first-order valence-corrected chi connectivity index (χ1v) is 13.0. The zero-order chi connectivity index (χ0) is 22.6. The second kappa shape index (κ2) is 9.90. The predicted molar refractivity (Wildman–Crippen MR) is 129 cm³/mol. The number of anilines is 1. The Bertz CT molecular complexity index is 1180. The average Bonchev–Trinajstić information content (AvgIpc) is 2.95. The molecule has 1 N–H and O–H groups in total. The Morgan fingerprint density at radius 1 is 0.969 bits per heavy atom. The molecule has 1 heterocycles. The lowest BCUT2D eigenvalue weighted by molar-refractivity contribution is -0.118. The molecule has 0 bridgehead atoms. The van der Waals surface area contributed by atoms with Crippen molar-refractivity contribution in [3.05, 3.63) is 90.0 Å². The normalized spacial score (nSPS) is 16.3. The maximum Gasteiger partial charge on any atom is 0.243 e. The molecule has 1 aliphatic heterocycles. The highest BCUT2D eigenvalue weighted by Gasteiger charge is 2.27. The fourth-order valence-corrected chi connectivity index (χ4v) is 6.02. The molecule has 0 fully saturated rings. The third-order valence-corrected chi connectivity index (χ3v) is 8.65. The highest BCUT2D eigenvalue weighted by Crippen LogP contribution is 2.35. The lowest BCUT2D eigenvalue weighted by Gasteiger charge is -2.23. The van der Waals surface area contributed by atoms with Gasteiger partial charge in [-0.25, -0.2) is 8.42 Å². The van der Waals surface area contributed by atoms with Crippen LogP contribution in [0.2, 0.25) is 0 Å². The lowest BCUT2D eigenvalue weighted by Crippen LogP contribution is -2.32. The molecule has 3 aromatic carbocycles. The number of nitrogens with zero attached hydrogens (tertiary/aromatic N) is 1. The van der Waals surface area contributed by atoms with E-state index in [0.717, 1.165) is 16.0 Å². The molecule has 7 heteroatoms. The van der Waals surface area contributed by atoms with E-state index in [2.05, 4.69) is 5.32 Å². The summed E-state index contributed by atoms with van der Waals surface area (Å²) in [6.45, 7) is 2.51. The minimum atomic E-state index is -3.77. The van der Waals surface area contributed by atoms with Crippen LogP contribution in [-0.4, -0.2) is 30.9 Å². The summed E-state index contributed by atoms with van der Waals surface area (Å²) in [6, 6.07) is 24.5. The van der Waals surface area contributed by atoms with Crippen LogP contribution < -0.4 is 5.32 Å². The van der Waals surface area contributed by atoms with Gasteiger partial charge in [0, 0.05) is 29.7 Å². The van der Waals surface area contributed by atoms with Crippen molar-refractivity contribution in [2.75, 3.05) is 17.6 Å². The van der Waals surface area contributed by atoms with E-state index in [-0.39, 0.29) is 23.3 Å². The van der Waals surface area contributed by atoms with Crippen molar-refractivity contribution in [3.8, 4) is 0 Å². The molecule has 5 nitrogen and oxygen atoms in total. The summed E-state index contributed by atoms with van der Waals surface area (Å²) in [7, 11) is -3.77. The van der Waals surface area contributed by atoms with Gasteiger partial charge in [-0.1, -0.05) is 67.6 Å². The Kier molecular flexibility index (Phi) is 6.98. The molecule has 0 radical (unpaired) electrons. The van der Waals surface area contributed by atoms with Crippen LogP contribution >= 0.6 is 11.8 Å². The van der Waals surface area contributed by atoms with Gasteiger partial charge >= 0.3 is 0 Å². The van der Waals surface area contributed by atoms with Crippen molar-refractivity contribution in [1.29, 1.82) is 0 Å². The van der Waals surface area contributed by atoms with E-state index in [4.69, 9.17) is 0 Å². The van der Waals surface area contributed by atoms with Gasteiger partial charge in [-0.3, -0.25) is 4.79 Å². The first kappa shape index (κ1) is 22.6. The van der Waals surface area contributed by atoms with Gasteiger partial charge in [0.1, 0.15) is 0 Å². The van der Waals surface area contributed by atoms with Crippen LogP contribution in [0.4, 0.5) is 5.69 Å². The second-order valence-electron chi connectivity index (χ2n) is 7.92. The average molecular weight is 467 g/mol. The number of benzene rings is 3. The molecule has 4 rings (SSSR count). The van der Waals surface area contributed by atoms with Gasteiger partial charge in [-0.05, 0) is 35.7 Å². The SMILES string of the molecule is C[C@@H]1CSc2ccc(S(=O)(=O)N(CCc3ccccc3)Cc3ccccc3)cc2NC1=O. The number of amides is 1. The minimum Gasteiger partial charge on any atom is -0.325 e. The van der Waals surface area contributed by atoms with Crippen LogP contribution in [0.3, 0.4) is 0 Å². The predicted octanol–water partition coefficient (Wildman–Crippen LogP) is 4.80. The molecule has 1 aliphatic rings. The molecule has 0 aliphatic carbocycles. The largest absolute Gasteiger partial charge is 0.325 e. The van der Waals surface area contributed by atoms with Gasteiger partial charge in [-0.2, -0.15) is 4.31 Å². The number of rotatable bonds is 7. The van der Waals surface area contributed by atoms with Crippen LogP contribution in [-0.2, 0) is 27.8 Å². The quantitative estimate of drug-likeness (QED) is 0.543. The number of fused-ring (bicyclic) bond motifs is 1. The summed E-state index contributed by atoms with van der Waals surface area (Å²) in [5.41, 5.74) is 2.57. The maximum atomic E-state index is 13.7. The molecular formula is C25H26N2O3S2. The summed E-state index contributed by atoms with van der Waals surface area (Å²) in [6.07, 6.45) is 0.613. The third-order valence-electron chi connectivity index (χ3n) is 5.48. The van der Waals surface area contributed by atoms with Gasteiger partial charge in [-0.15, -0.1) is 11.8 Å². The van der Waals surface area contributed by atoms with Crippen LogP contribution in [0.1, 0.15) is 18.1 Å². The monoisotopic (exact) mass is 466 g/mol. The molecule has 166 valence electrons. The zero-order valence-corrected chi connectivity index (χ0v) is 19.5. The molecule has 32 heavy (non-hydrogen) atoms. The summed E-state index contributed by atoms with van der Waals surface area (Å²) >= 11 is 1.57. The van der Waals surface area contributed by atoms with Crippen LogP contribution in [0.25, 0.3) is 0 Å². The van der Waals surface area contributed by atoms with Crippen molar-refractivity contribution in [2.24, 2.45) is 5.92 Å². The molecule has 0 spiro atoms. The first-order chi connectivity index (χ1) is 15.4. The molecule has 0 saturated carbocycles. The highest BCUT2D eigenvalue weighted by molar-refractivity contribution is 7.99. The molecule has 0 saturated heterocycles. The van der Waals surface area contributed by atoms with Crippen LogP contribution in [0.15, 0.2) is 88.7 Å². The van der Waals surface area contributed by atoms with Crippen molar-refractivity contribution < 1.29 is 13.2 Å². The van der Waals surface area contributed by atoms with Crippen LogP contribution in [0, 0.1) is 5.92 Å². The van der Waals surface area contributed by atoms with E-state index < -0.39 is 10.0 Å². The Labute approximate surface area is 193 Å². The van der Waals surface area contributed by atoms with E-state index in [1.807, 2.05) is 67.6 Å². The van der Waals surface area contributed by atoms with Crippen molar-refractivity contribution in [3.63, 3.8) is 0 Å². The second-order valence-corrected chi connectivity index (χ2v) is 10.9. The topological polar surface area (TPSA) is 66.5 Å². The smallest absolute Gasteiger partial charge is 0.243 e. The molecule has 1 atom stereocenters. The summed E-state index contributed by atoms with van der Waals surface area (Å²) in [5, 5.41) is 2.89. The van der Waals surface area contributed by atoms with Crippen molar-refractivity contribution in [1.82, 2.24) is 4.31 Å². The molecule has 0 unspecified atom stereocenters. The minimum absolute atomic E-state index is 0.0870. The fraction of sp³-hybridized carbons (Fsp3) is 0.240. The Morgan fingerprint density at radius 3 is 2.31 bits per heavy atom. The molecule has 0 aromatic heterocycles. The van der Waals surface area contributed by atoms with E-state index >= 15 is 0 Å². The zero-order valence-electron chi connectivity index (χ0n) is 17.9. The number of hydrogen-bond donors (Lipinski definition) is 1. The molecular weight excluding hydrogens is 440 g/mol. The van der Waals surface area contributed by atoms with E-state index in [1.165, 1.54) is 4.31 Å². The summed E-state index contributed by atoms with van der Waals surface area (Å²) in [4.78, 5) is 13.4. The Morgan fingerprint density at radius 2 is 1.62 bits per heavy atom. The number of nitrogens with one attached hydrogen (secondary N) is 1. The van der Waals surface area contributed by atoms with Crippen LogP contribution in [0.5, 0.6) is 0 Å². The summed E-state index contributed by atoms with van der Waals surface area (Å²) in [5.74, 6) is 0.450. The lowest BCUT2D eigenvalue weighted by atomic mass is 10.1. The first-order valence-electron chi connectivity index (χ1n) is 10.6. The summed E-state index contributed by atoms with van der Waals surface area (Å²) < 4.78 is 28.9. The van der Waals surface area contributed by atoms with Crippen molar-refractivity contribution in [2.45, 2.75) is 29.7 Å². The Balaban J connectivity index is 1.64.